The van der Waals surface area contributed by atoms with Gasteiger partial charge < -0.3 is 25.8 Å². The van der Waals surface area contributed by atoms with Crippen molar-refractivity contribution in [3.05, 3.63) is 72.3 Å². The lowest BCUT2D eigenvalue weighted by atomic mass is 10.2. The molecule has 0 aromatic heterocycles. The quantitative estimate of drug-likeness (QED) is 0.459. The Balaban J connectivity index is 1.90. The molecule has 0 unspecified atom stereocenters. The number of urea groups is 1. The Morgan fingerprint density at radius 1 is 1.14 bits per heavy atom. The van der Waals surface area contributed by atoms with Crippen molar-refractivity contribution in [3.8, 4) is 11.5 Å². The van der Waals surface area contributed by atoms with Crippen molar-refractivity contribution in [3.63, 3.8) is 0 Å². The Kier molecular flexibility index (Phi) is 7.65. The van der Waals surface area contributed by atoms with Crippen molar-refractivity contribution in [2.24, 2.45) is 5.73 Å². The molecule has 28 heavy (non-hydrogen) atoms. The molecule has 4 N–H and O–H groups in total. The molecule has 7 nitrogen and oxygen atoms in total. The van der Waals surface area contributed by atoms with Crippen LogP contribution in [0, 0.1) is 0 Å². The predicted molar refractivity (Wildman–Crippen MR) is 109 cm³/mol. The number of carbonyl (C=O) groups excluding carboxylic acids is 2. The van der Waals surface area contributed by atoms with Crippen LogP contribution in [0.25, 0.3) is 6.08 Å². The second-order valence-corrected chi connectivity index (χ2v) is 5.75. The molecule has 0 saturated heterocycles. The summed E-state index contributed by atoms with van der Waals surface area (Å²) in [5.74, 6) is 0.956. The SMILES string of the molecule is C=CCOc1ccc(/C=C/C(=O)NCc2ccc(NC(N)=O)cc2)cc1OC. The van der Waals surface area contributed by atoms with Crippen molar-refractivity contribution in [2.45, 2.75) is 6.54 Å². The average molecular weight is 381 g/mol. The minimum absolute atomic E-state index is 0.231. The molecule has 0 heterocycles. The van der Waals surface area contributed by atoms with E-state index in [4.69, 9.17) is 15.2 Å². The summed E-state index contributed by atoms with van der Waals surface area (Å²) in [5.41, 5.74) is 7.35. The first-order valence-electron chi connectivity index (χ1n) is 8.55. The second kappa shape index (κ2) is 10.4. The van der Waals surface area contributed by atoms with E-state index in [1.54, 1.807) is 55.7 Å². The third kappa shape index (κ3) is 6.53. The Morgan fingerprint density at radius 2 is 1.89 bits per heavy atom. The van der Waals surface area contributed by atoms with Gasteiger partial charge in [-0.15, -0.1) is 0 Å². The monoisotopic (exact) mass is 381 g/mol. The van der Waals surface area contributed by atoms with Crippen LogP contribution in [0.15, 0.2) is 61.2 Å². The van der Waals surface area contributed by atoms with Gasteiger partial charge in [0.2, 0.25) is 5.91 Å². The van der Waals surface area contributed by atoms with Crippen LogP contribution in [0.2, 0.25) is 0 Å². The van der Waals surface area contributed by atoms with Gasteiger partial charge in [-0.25, -0.2) is 4.79 Å². The van der Waals surface area contributed by atoms with Crippen LogP contribution in [0.4, 0.5) is 10.5 Å². The highest BCUT2D eigenvalue weighted by atomic mass is 16.5. The maximum Gasteiger partial charge on any atom is 0.316 e. The number of methoxy groups -OCH3 is 1. The second-order valence-electron chi connectivity index (χ2n) is 5.75. The molecule has 2 aromatic rings. The number of hydrogen-bond donors (Lipinski definition) is 3. The topological polar surface area (TPSA) is 103 Å². The molecular formula is C21H23N3O4. The molecule has 0 radical (unpaired) electrons. The Labute approximate surface area is 163 Å². The minimum Gasteiger partial charge on any atom is -0.493 e. The molecule has 0 aliphatic heterocycles. The number of anilines is 1. The van der Waals surface area contributed by atoms with Gasteiger partial charge in [-0.1, -0.05) is 30.9 Å². The molecule has 0 bridgehead atoms. The van der Waals surface area contributed by atoms with E-state index in [1.807, 2.05) is 6.07 Å². The first-order valence-corrected chi connectivity index (χ1v) is 8.55. The molecule has 0 aliphatic carbocycles. The summed E-state index contributed by atoms with van der Waals surface area (Å²) in [4.78, 5) is 22.8. The summed E-state index contributed by atoms with van der Waals surface area (Å²) in [6.45, 7) is 4.35. The predicted octanol–water partition coefficient (Wildman–Crippen LogP) is 3.08. The number of amides is 3. The highest BCUT2D eigenvalue weighted by Crippen LogP contribution is 2.28. The summed E-state index contributed by atoms with van der Waals surface area (Å²) < 4.78 is 10.8. The van der Waals surface area contributed by atoms with Crippen LogP contribution in [0.5, 0.6) is 11.5 Å². The molecule has 0 saturated carbocycles. The van der Waals surface area contributed by atoms with Gasteiger partial charge in [-0.3, -0.25) is 4.79 Å². The van der Waals surface area contributed by atoms with Crippen LogP contribution in [0.3, 0.4) is 0 Å². The highest BCUT2D eigenvalue weighted by Gasteiger charge is 2.04. The van der Waals surface area contributed by atoms with Gasteiger partial charge in [0.15, 0.2) is 11.5 Å². The summed E-state index contributed by atoms with van der Waals surface area (Å²) >= 11 is 0. The van der Waals surface area contributed by atoms with Crippen LogP contribution >= 0.6 is 0 Å². The zero-order chi connectivity index (χ0) is 20.4. The molecule has 0 fully saturated rings. The first-order chi connectivity index (χ1) is 13.5. The summed E-state index contributed by atoms with van der Waals surface area (Å²) in [6, 6.07) is 11.8. The van der Waals surface area contributed by atoms with Gasteiger partial charge in [0.1, 0.15) is 6.61 Å². The largest absolute Gasteiger partial charge is 0.493 e. The normalized spacial score (nSPS) is 10.3. The van der Waals surface area contributed by atoms with Gasteiger partial charge in [0, 0.05) is 18.3 Å². The maximum atomic E-state index is 12.0. The number of hydrogen-bond acceptors (Lipinski definition) is 4. The number of rotatable bonds is 9. The molecular weight excluding hydrogens is 358 g/mol. The number of benzene rings is 2. The molecule has 2 rings (SSSR count). The van der Waals surface area contributed by atoms with Crippen LogP contribution in [-0.2, 0) is 11.3 Å². The third-order valence-electron chi connectivity index (χ3n) is 3.66. The summed E-state index contributed by atoms with van der Waals surface area (Å²) in [6.07, 6.45) is 4.79. The number of nitrogens with one attached hydrogen (secondary N) is 2. The standard InChI is InChI=1S/C21H23N3O4/c1-3-12-28-18-10-6-15(13-19(18)27-2)7-11-20(25)23-14-16-4-8-17(9-5-16)24-21(22)26/h3-11,13H,1,12,14H2,2H3,(H,23,25)(H3,22,24,26)/b11-7+. The van der Waals surface area contributed by atoms with E-state index < -0.39 is 6.03 Å². The maximum absolute atomic E-state index is 12.0. The lowest BCUT2D eigenvalue weighted by Crippen LogP contribution is -2.20. The van der Waals surface area contributed by atoms with Gasteiger partial charge >= 0.3 is 6.03 Å². The molecule has 0 atom stereocenters. The van der Waals surface area contributed by atoms with E-state index >= 15 is 0 Å². The van der Waals surface area contributed by atoms with Gasteiger partial charge in [-0.05, 0) is 41.5 Å². The van der Waals surface area contributed by atoms with E-state index in [0.29, 0.717) is 30.3 Å². The Hall–Kier alpha value is -3.74. The Morgan fingerprint density at radius 3 is 2.54 bits per heavy atom. The number of carbonyl (C=O) groups is 2. The van der Waals surface area contributed by atoms with E-state index in [-0.39, 0.29) is 5.91 Å². The van der Waals surface area contributed by atoms with E-state index in [9.17, 15) is 9.59 Å². The summed E-state index contributed by atoms with van der Waals surface area (Å²) in [7, 11) is 1.56. The van der Waals surface area contributed by atoms with E-state index in [1.165, 1.54) is 6.08 Å². The number of primary amides is 1. The minimum atomic E-state index is -0.622. The molecule has 146 valence electrons. The lowest BCUT2D eigenvalue weighted by Gasteiger charge is -2.09. The van der Waals surface area contributed by atoms with Crippen LogP contribution in [-0.4, -0.2) is 25.7 Å². The smallest absolute Gasteiger partial charge is 0.316 e. The first kappa shape index (κ1) is 20.6. The fourth-order valence-corrected chi connectivity index (χ4v) is 2.32. The molecule has 0 aliphatic rings. The zero-order valence-electron chi connectivity index (χ0n) is 15.6. The lowest BCUT2D eigenvalue weighted by molar-refractivity contribution is -0.116. The van der Waals surface area contributed by atoms with Gasteiger partial charge in [0.05, 0.1) is 7.11 Å². The number of ether oxygens (including phenoxy) is 2. The van der Waals surface area contributed by atoms with E-state index in [2.05, 4.69) is 17.2 Å². The third-order valence-corrected chi connectivity index (χ3v) is 3.66. The Bertz CT molecular complexity index is 860. The zero-order valence-corrected chi connectivity index (χ0v) is 15.6. The highest BCUT2D eigenvalue weighted by molar-refractivity contribution is 5.91. The number of nitrogens with two attached hydrogens (primary N) is 1. The fraction of sp³-hybridized carbons (Fsp3) is 0.143. The van der Waals surface area contributed by atoms with Crippen molar-refractivity contribution in [1.82, 2.24) is 5.32 Å². The fourth-order valence-electron chi connectivity index (χ4n) is 2.32. The van der Waals surface area contributed by atoms with Crippen molar-refractivity contribution in [1.29, 1.82) is 0 Å². The van der Waals surface area contributed by atoms with Crippen molar-refractivity contribution >= 4 is 23.7 Å². The molecule has 2 aromatic carbocycles. The van der Waals surface area contributed by atoms with Gasteiger partial charge in [0.25, 0.3) is 0 Å². The molecule has 7 heteroatoms. The van der Waals surface area contributed by atoms with Crippen molar-refractivity contribution < 1.29 is 19.1 Å². The molecule has 3 amide bonds. The van der Waals surface area contributed by atoms with E-state index in [0.717, 1.165) is 11.1 Å². The van der Waals surface area contributed by atoms with Gasteiger partial charge in [-0.2, -0.15) is 0 Å². The average Bonchev–Trinajstić information content (AvgIpc) is 2.70. The molecule has 0 spiro atoms. The van der Waals surface area contributed by atoms with Crippen LogP contribution in [0.1, 0.15) is 11.1 Å². The summed E-state index contributed by atoms with van der Waals surface area (Å²) in [5, 5.41) is 5.27. The van der Waals surface area contributed by atoms with Crippen molar-refractivity contribution in [2.75, 3.05) is 19.0 Å². The van der Waals surface area contributed by atoms with Crippen LogP contribution < -0.4 is 25.8 Å².